The molecule has 0 saturated carbocycles. The number of ether oxygens (including phenoxy) is 2. The smallest absolute Gasteiger partial charge is 0.306 e. The lowest BCUT2D eigenvalue weighted by Gasteiger charge is -2.09. The highest BCUT2D eigenvalue weighted by molar-refractivity contribution is 5.96. The fourth-order valence-corrected chi connectivity index (χ4v) is 2.02. The molecule has 0 N–H and O–H groups in total. The van der Waals surface area contributed by atoms with Crippen molar-refractivity contribution in [3.8, 4) is 0 Å². The molecule has 1 atom stereocenters. The lowest BCUT2D eigenvalue weighted by atomic mass is 10.1. The fraction of sp³-hybridized carbons (Fsp3) is 0.467. The number of Topliss-reactive ketones (excluding diaryl/α,β-unsaturated/α-hetero) is 1. The molecule has 0 spiro atoms. The van der Waals surface area contributed by atoms with Crippen molar-refractivity contribution in [1.82, 2.24) is 0 Å². The molecule has 0 amide bonds. The molecule has 0 aliphatic carbocycles. The van der Waals surface area contributed by atoms with Crippen LogP contribution in [-0.4, -0.2) is 31.1 Å². The number of hydrogen-bond acceptors (Lipinski definition) is 4. The van der Waals surface area contributed by atoms with E-state index in [-0.39, 0.29) is 36.5 Å². The average molecular weight is 280 g/mol. The third-order valence-corrected chi connectivity index (χ3v) is 3.14. The lowest BCUT2D eigenvalue weighted by molar-refractivity contribution is -0.149. The number of esters is 1. The third-order valence-electron chi connectivity index (χ3n) is 3.14. The van der Waals surface area contributed by atoms with Gasteiger partial charge in [-0.3, -0.25) is 9.59 Å². The molecule has 4 nitrogen and oxygen atoms in total. The summed E-state index contributed by atoms with van der Waals surface area (Å²) in [7, 11) is 0. The van der Waals surface area contributed by atoms with Gasteiger partial charge >= 0.3 is 5.97 Å². The molecule has 108 valence electrons. The summed E-state index contributed by atoms with van der Waals surface area (Å²) in [5.41, 5.74) is 0.462. The highest BCUT2D eigenvalue weighted by atomic mass is 19.1. The molecular formula is C15H17FO4. The van der Waals surface area contributed by atoms with E-state index in [0.29, 0.717) is 25.2 Å². The first-order valence-electron chi connectivity index (χ1n) is 6.71. The minimum absolute atomic E-state index is 0.0954. The first-order valence-corrected chi connectivity index (χ1v) is 6.71. The van der Waals surface area contributed by atoms with Gasteiger partial charge in [-0.25, -0.2) is 4.39 Å². The van der Waals surface area contributed by atoms with Crippen LogP contribution in [0.1, 0.15) is 36.0 Å². The maximum absolute atomic E-state index is 12.7. The number of carbonyl (C=O) groups is 2. The Hall–Kier alpha value is -1.75. The van der Waals surface area contributed by atoms with Crippen LogP contribution in [0.2, 0.25) is 0 Å². The molecule has 5 heteroatoms. The van der Waals surface area contributed by atoms with Crippen LogP contribution in [0.4, 0.5) is 4.39 Å². The van der Waals surface area contributed by atoms with Crippen LogP contribution in [-0.2, 0) is 14.3 Å². The van der Waals surface area contributed by atoms with Crippen molar-refractivity contribution in [2.75, 3.05) is 13.2 Å². The highest BCUT2D eigenvalue weighted by Gasteiger charge is 2.19. The summed E-state index contributed by atoms with van der Waals surface area (Å²) in [4.78, 5) is 23.3. The van der Waals surface area contributed by atoms with Crippen molar-refractivity contribution in [3.05, 3.63) is 35.6 Å². The summed E-state index contributed by atoms with van der Waals surface area (Å²) in [6.07, 6.45) is 1.49. The molecule has 1 fully saturated rings. The molecule has 1 aromatic rings. The van der Waals surface area contributed by atoms with Gasteiger partial charge in [-0.05, 0) is 30.7 Å². The summed E-state index contributed by atoms with van der Waals surface area (Å²) < 4.78 is 23.0. The predicted octanol–water partition coefficient (Wildman–Crippen LogP) is 2.51. The molecule has 1 aromatic carbocycles. The number of rotatable bonds is 6. The largest absolute Gasteiger partial charge is 0.460 e. The van der Waals surface area contributed by atoms with Gasteiger partial charge in [-0.15, -0.1) is 0 Å². The number of carbonyl (C=O) groups excluding carboxylic acids is 2. The van der Waals surface area contributed by atoms with Crippen LogP contribution in [0.25, 0.3) is 0 Å². The third kappa shape index (κ3) is 4.42. The summed E-state index contributed by atoms with van der Waals surface area (Å²) in [5.74, 6) is -0.765. The highest BCUT2D eigenvalue weighted by Crippen LogP contribution is 2.12. The zero-order chi connectivity index (χ0) is 14.4. The van der Waals surface area contributed by atoms with E-state index in [1.54, 1.807) is 0 Å². The van der Waals surface area contributed by atoms with Gasteiger partial charge in [-0.2, -0.15) is 0 Å². The van der Waals surface area contributed by atoms with E-state index in [9.17, 15) is 14.0 Å². The summed E-state index contributed by atoms with van der Waals surface area (Å²) >= 11 is 0. The number of benzene rings is 1. The molecule has 0 bridgehead atoms. The Bertz CT molecular complexity index is 463. The Morgan fingerprint density at radius 1 is 1.25 bits per heavy atom. The normalized spacial score (nSPS) is 17.9. The van der Waals surface area contributed by atoms with Gasteiger partial charge in [0, 0.05) is 24.8 Å². The van der Waals surface area contributed by atoms with E-state index in [2.05, 4.69) is 0 Å². The van der Waals surface area contributed by atoms with Crippen LogP contribution in [0, 0.1) is 5.82 Å². The Morgan fingerprint density at radius 3 is 2.65 bits per heavy atom. The predicted molar refractivity (Wildman–Crippen MR) is 69.9 cm³/mol. The maximum Gasteiger partial charge on any atom is 0.306 e. The monoisotopic (exact) mass is 280 g/mol. The molecule has 1 aliphatic heterocycles. The standard InChI is InChI=1S/C15H17FO4/c16-12-6-4-11(5-7-12)14(17)2-1-3-15(18)20-13-8-9-19-10-13/h4-7,13H,1-3,8-10H2. The van der Waals surface area contributed by atoms with E-state index in [1.165, 1.54) is 24.3 Å². The summed E-state index contributed by atoms with van der Waals surface area (Å²) in [6, 6.07) is 5.40. The molecule has 2 rings (SSSR count). The quantitative estimate of drug-likeness (QED) is 0.593. The van der Waals surface area contributed by atoms with Crippen LogP contribution in [0.3, 0.4) is 0 Å². The van der Waals surface area contributed by atoms with Gasteiger partial charge in [0.05, 0.1) is 13.2 Å². The molecule has 1 saturated heterocycles. The van der Waals surface area contributed by atoms with Gasteiger partial charge in [0.15, 0.2) is 5.78 Å². The zero-order valence-corrected chi connectivity index (χ0v) is 11.1. The molecule has 1 heterocycles. The van der Waals surface area contributed by atoms with Crippen molar-refractivity contribution in [3.63, 3.8) is 0 Å². The van der Waals surface area contributed by atoms with E-state index in [4.69, 9.17) is 9.47 Å². The minimum atomic E-state index is -0.371. The van der Waals surface area contributed by atoms with Gasteiger partial charge < -0.3 is 9.47 Å². The van der Waals surface area contributed by atoms with Gasteiger partial charge in [-0.1, -0.05) is 0 Å². The van der Waals surface area contributed by atoms with Crippen molar-refractivity contribution in [1.29, 1.82) is 0 Å². The van der Waals surface area contributed by atoms with E-state index in [0.717, 1.165) is 6.42 Å². The molecule has 1 unspecified atom stereocenters. The first-order chi connectivity index (χ1) is 9.65. The lowest BCUT2D eigenvalue weighted by Crippen LogP contribution is -2.18. The average Bonchev–Trinajstić information content (AvgIpc) is 2.92. The molecule has 0 radical (unpaired) electrons. The fourth-order valence-electron chi connectivity index (χ4n) is 2.02. The summed E-state index contributed by atoms with van der Waals surface area (Å²) in [6.45, 7) is 1.08. The number of hydrogen-bond donors (Lipinski definition) is 0. The summed E-state index contributed by atoms with van der Waals surface area (Å²) in [5, 5.41) is 0. The second-order valence-corrected chi connectivity index (χ2v) is 4.76. The Morgan fingerprint density at radius 2 is 2.00 bits per heavy atom. The molecule has 1 aliphatic rings. The van der Waals surface area contributed by atoms with Crippen molar-refractivity contribution in [2.45, 2.75) is 31.8 Å². The SMILES string of the molecule is O=C(CCCC(=O)c1ccc(F)cc1)OC1CCOC1. The maximum atomic E-state index is 12.7. The Balaban J connectivity index is 1.68. The first kappa shape index (κ1) is 14.7. The van der Waals surface area contributed by atoms with Crippen molar-refractivity contribution in [2.24, 2.45) is 0 Å². The van der Waals surface area contributed by atoms with Crippen LogP contribution < -0.4 is 0 Å². The van der Waals surface area contributed by atoms with Crippen molar-refractivity contribution >= 4 is 11.8 Å². The van der Waals surface area contributed by atoms with Gasteiger partial charge in [0.25, 0.3) is 0 Å². The zero-order valence-electron chi connectivity index (χ0n) is 11.1. The number of halogens is 1. The van der Waals surface area contributed by atoms with Gasteiger partial charge in [0.1, 0.15) is 11.9 Å². The molecule has 0 aromatic heterocycles. The minimum Gasteiger partial charge on any atom is -0.460 e. The van der Waals surface area contributed by atoms with Crippen molar-refractivity contribution < 1.29 is 23.5 Å². The van der Waals surface area contributed by atoms with E-state index >= 15 is 0 Å². The van der Waals surface area contributed by atoms with Crippen LogP contribution in [0.5, 0.6) is 0 Å². The molecule has 20 heavy (non-hydrogen) atoms. The topological polar surface area (TPSA) is 52.6 Å². The van der Waals surface area contributed by atoms with Gasteiger partial charge in [0.2, 0.25) is 0 Å². The second kappa shape index (κ2) is 7.14. The Kier molecular flexibility index (Phi) is 5.24. The number of ketones is 1. The Labute approximate surface area is 116 Å². The van der Waals surface area contributed by atoms with E-state index < -0.39 is 0 Å². The molecular weight excluding hydrogens is 263 g/mol. The second-order valence-electron chi connectivity index (χ2n) is 4.76. The van der Waals surface area contributed by atoms with E-state index in [1.807, 2.05) is 0 Å². The van der Waals surface area contributed by atoms with Crippen LogP contribution >= 0.6 is 0 Å². The van der Waals surface area contributed by atoms with Crippen LogP contribution in [0.15, 0.2) is 24.3 Å².